The van der Waals surface area contributed by atoms with Crippen molar-refractivity contribution in [1.29, 1.82) is 0 Å². The molecule has 0 fully saturated rings. The van der Waals surface area contributed by atoms with Crippen molar-refractivity contribution in [3.8, 4) is 0 Å². The molecule has 0 amide bonds. The van der Waals surface area contributed by atoms with Gasteiger partial charge in [0.2, 0.25) is 0 Å². The minimum Gasteiger partial charge on any atom is -0.462 e. The van der Waals surface area contributed by atoms with Crippen molar-refractivity contribution < 1.29 is 28.6 Å². The molecule has 6 heteroatoms. The molecule has 0 aliphatic rings. The molecule has 0 saturated carbocycles. The van der Waals surface area contributed by atoms with Crippen LogP contribution in [0.3, 0.4) is 0 Å². The summed E-state index contributed by atoms with van der Waals surface area (Å²) in [6.07, 6.45) is 68.5. The van der Waals surface area contributed by atoms with Crippen LogP contribution in [0.2, 0.25) is 0 Å². The molecule has 0 heterocycles. The zero-order valence-electron chi connectivity index (χ0n) is 42.5. The quantitative estimate of drug-likeness (QED) is 0.0262. The van der Waals surface area contributed by atoms with Gasteiger partial charge in [-0.3, -0.25) is 14.4 Å². The summed E-state index contributed by atoms with van der Waals surface area (Å²) < 4.78 is 16.8. The normalized spacial score (nSPS) is 12.7. The summed E-state index contributed by atoms with van der Waals surface area (Å²) in [6, 6.07) is 0. The summed E-state index contributed by atoms with van der Waals surface area (Å²) in [6.45, 7) is 6.44. The lowest BCUT2D eigenvalue weighted by Crippen LogP contribution is -2.30. The molecule has 372 valence electrons. The molecule has 0 aromatic heterocycles. The van der Waals surface area contributed by atoms with Gasteiger partial charge in [0.25, 0.3) is 0 Å². The number of hydrogen-bond acceptors (Lipinski definition) is 6. The SMILES string of the molecule is CC/C=C\C/C=C\C/C=C\C/C=C\CCCCC(=O)O[C@H](COC(=O)CCCCCCCCC/C=C\C/C=C\CCCCC)COC(=O)CCCCCCCCC/C=C\CCCCCC. The van der Waals surface area contributed by atoms with Gasteiger partial charge in [-0.1, -0.05) is 202 Å². The molecular formula is C59H100O6. The number of carbonyl (C=O) groups excluding carboxylic acids is 3. The highest BCUT2D eigenvalue weighted by Crippen LogP contribution is 2.14. The molecule has 0 saturated heterocycles. The Kier molecular flexibility index (Phi) is 50.4. The Morgan fingerprint density at radius 1 is 0.323 bits per heavy atom. The summed E-state index contributed by atoms with van der Waals surface area (Å²) in [5, 5.41) is 0. The highest BCUT2D eigenvalue weighted by molar-refractivity contribution is 5.71. The van der Waals surface area contributed by atoms with Crippen molar-refractivity contribution in [3.63, 3.8) is 0 Å². The minimum atomic E-state index is -0.803. The lowest BCUT2D eigenvalue weighted by molar-refractivity contribution is -0.167. The van der Waals surface area contributed by atoms with Crippen molar-refractivity contribution in [2.45, 2.75) is 258 Å². The number of carbonyl (C=O) groups is 3. The second-order valence-corrected chi connectivity index (χ2v) is 17.7. The van der Waals surface area contributed by atoms with Crippen molar-refractivity contribution in [2.75, 3.05) is 13.2 Å². The van der Waals surface area contributed by atoms with Crippen LogP contribution in [-0.2, 0) is 28.6 Å². The third-order valence-electron chi connectivity index (χ3n) is 11.4. The van der Waals surface area contributed by atoms with E-state index < -0.39 is 6.10 Å². The van der Waals surface area contributed by atoms with E-state index in [1.807, 2.05) is 0 Å². The van der Waals surface area contributed by atoms with E-state index >= 15 is 0 Å². The van der Waals surface area contributed by atoms with E-state index in [4.69, 9.17) is 14.2 Å². The van der Waals surface area contributed by atoms with E-state index in [2.05, 4.69) is 106 Å². The van der Waals surface area contributed by atoms with Crippen molar-refractivity contribution >= 4 is 17.9 Å². The Morgan fingerprint density at radius 2 is 0.600 bits per heavy atom. The minimum absolute atomic E-state index is 0.0983. The van der Waals surface area contributed by atoms with Gasteiger partial charge < -0.3 is 14.2 Å². The van der Waals surface area contributed by atoms with E-state index in [0.29, 0.717) is 19.3 Å². The van der Waals surface area contributed by atoms with Crippen LogP contribution in [0.15, 0.2) is 85.1 Å². The van der Waals surface area contributed by atoms with Gasteiger partial charge in [-0.2, -0.15) is 0 Å². The van der Waals surface area contributed by atoms with Gasteiger partial charge in [-0.05, 0) is 116 Å². The van der Waals surface area contributed by atoms with Crippen LogP contribution in [0.5, 0.6) is 0 Å². The van der Waals surface area contributed by atoms with Gasteiger partial charge in [0.05, 0.1) is 0 Å². The first kappa shape index (κ1) is 61.6. The lowest BCUT2D eigenvalue weighted by Gasteiger charge is -2.18. The number of allylic oxidation sites excluding steroid dienone is 14. The Hall–Kier alpha value is -3.41. The molecule has 0 aliphatic carbocycles. The standard InChI is InChI=1S/C59H100O6/c1-4-7-10-13-16-19-22-25-28-29-32-34-37-40-43-46-49-52-58(61)64-55-56(65-59(62)53-50-47-44-41-38-35-31-27-24-21-18-15-12-9-6-3)54-63-57(60)51-48-45-42-39-36-33-30-26-23-20-17-14-11-8-5-2/h9,12,16,18-21,23,25,27-28,31,38,41,56H,4-8,10-11,13-15,17,22,24,26,29-30,32-37,39-40,42-55H2,1-3H3/b12-9-,19-16-,21-18-,23-20-,28-25-,31-27-,41-38-/t56-/m0/s1. The maximum Gasteiger partial charge on any atom is 0.306 e. The molecule has 0 aliphatic heterocycles. The highest BCUT2D eigenvalue weighted by Gasteiger charge is 2.19. The third kappa shape index (κ3) is 51.4. The van der Waals surface area contributed by atoms with Crippen molar-refractivity contribution in [1.82, 2.24) is 0 Å². The molecular weight excluding hydrogens is 805 g/mol. The van der Waals surface area contributed by atoms with Crippen LogP contribution in [0.1, 0.15) is 252 Å². The van der Waals surface area contributed by atoms with Gasteiger partial charge in [0.1, 0.15) is 13.2 Å². The molecule has 0 bridgehead atoms. The van der Waals surface area contributed by atoms with Gasteiger partial charge in [0, 0.05) is 19.3 Å². The zero-order chi connectivity index (χ0) is 47.2. The zero-order valence-corrected chi connectivity index (χ0v) is 42.5. The molecule has 0 aromatic carbocycles. The third-order valence-corrected chi connectivity index (χ3v) is 11.4. The van der Waals surface area contributed by atoms with Crippen LogP contribution < -0.4 is 0 Å². The first-order valence-electron chi connectivity index (χ1n) is 27.1. The number of esters is 3. The molecule has 1 atom stereocenters. The highest BCUT2D eigenvalue weighted by atomic mass is 16.6. The number of ether oxygens (including phenoxy) is 3. The Labute approximate surface area is 401 Å². The average Bonchev–Trinajstić information content (AvgIpc) is 3.30. The summed E-state index contributed by atoms with van der Waals surface area (Å²) in [4.78, 5) is 38.1. The van der Waals surface area contributed by atoms with Crippen LogP contribution >= 0.6 is 0 Å². The molecule has 6 nitrogen and oxygen atoms in total. The maximum absolute atomic E-state index is 12.8. The first-order chi connectivity index (χ1) is 32.0. The Balaban J connectivity index is 4.46. The average molecular weight is 905 g/mol. The van der Waals surface area contributed by atoms with Crippen LogP contribution in [0.25, 0.3) is 0 Å². The molecule has 65 heavy (non-hydrogen) atoms. The van der Waals surface area contributed by atoms with E-state index in [1.165, 1.54) is 116 Å². The van der Waals surface area contributed by atoms with Crippen LogP contribution in [0, 0.1) is 0 Å². The fourth-order valence-electron chi connectivity index (χ4n) is 7.28. The second-order valence-electron chi connectivity index (χ2n) is 17.7. The van der Waals surface area contributed by atoms with Gasteiger partial charge in [-0.15, -0.1) is 0 Å². The van der Waals surface area contributed by atoms with Crippen molar-refractivity contribution in [2.24, 2.45) is 0 Å². The largest absolute Gasteiger partial charge is 0.462 e. The Morgan fingerprint density at radius 3 is 1.02 bits per heavy atom. The predicted molar refractivity (Wildman–Crippen MR) is 279 cm³/mol. The van der Waals surface area contributed by atoms with E-state index in [-0.39, 0.29) is 37.5 Å². The van der Waals surface area contributed by atoms with Crippen LogP contribution in [-0.4, -0.2) is 37.2 Å². The molecule has 0 N–H and O–H groups in total. The summed E-state index contributed by atoms with van der Waals surface area (Å²) in [5.41, 5.74) is 0. The summed E-state index contributed by atoms with van der Waals surface area (Å²) >= 11 is 0. The van der Waals surface area contributed by atoms with Gasteiger partial charge >= 0.3 is 17.9 Å². The number of rotatable bonds is 48. The van der Waals surface area contributed by atoms with Gasteiger partial charge in [-0.25, -0.2) is 0 Å². The Bertz CT molecular complexity index is 1270. The van der Waals surface area contributed by atoms with Crippen LogP contribution in [0.4, 0.5) is 0 Å². The van der Waals surface area contributed by atoms with E-state index in [9.17, 15) is 14.4 Å². The number of unbranched alkanes of at least 4 members (excludes halogenated alkanes) is 23. The number of hydrogen-bond donors (Lipinski definition) is 0. The van der Waals surface area contributed by atoms with E-state index in [1.54, 1.807) is 0 Å². The smallest absolute Gasteiger partial charge is 0.306 e. The predicted octanol–water partition coefficient (Wildman–Crippen LogP) is 18.0. The molecule has 0 rings (SSSR count). The molecule has 0 unspecified atom stereocenters. The van der Waals surface area contributed by atoms with Crippen molar-refractivity contribution in [3.05, 3.63) is 85.1 Å². The lowest BCUT2D eigenvalue weighted by atomic mass is 10.1. The fourth-order valence-corrected chi connectivity index (χ4v) is 7.28. The summed E-state index contributed by atoms with van der Waals surface area (Å²) in [7, 11) is 0. The fraction of sp³-hybridized carbons (Fsp3) is 0.712. The molecule has 0 aromatic rings. The first-order valence-corrected chi connectivity index (χ1v) is 27.1. The molecule has 0 radical (unpaired) electrons. The van der Waals surface area contributed by atoms with Gasteiger partial charge in [0.15, 0.2) is 6.10 Å². The maximum atomic E-state index is 12.8. The monoisotopic (exact) mass is 905 g/mol. The topological polar surface area (TPSA) is 78.9 Å². The molecule has 0 spiro atoms. The van der Waals surface area contributed by atoms with E-state index in [0.717, 1.165) is 89.9 Å². The summed E-state index contributed by atoms with van der Waals surface area (Å²) in [5.74, 6) is -0.951. The second kappa shape index (κ2) is 53.2.